The number of benzene rings is 1. The Labute approximate surface area is 153 Å². The second kappa shape index (κ2) is 6.93. The minimum absolute atomic E-state index is 0.453. The summed E-state index contributed by atoms with van der Waals surface area (Å²) in [6.45, 7) is 3.03. The summed E-state index contributed by atoms with van der Waals surface area (Å²) in [7, 11) is 0. The Hall–Kier alpha value is -2.25. The molecule has 3 heterocycles. The number of hydrogen-bond donors (Lipinski definition) is 0. The van der Waals surface area contributed by atoms with Crippen LogP contribution < -0.4 is 0 Å². The van der Waals surface area contributed by atoms with Gasteiger partial charge in [0.1, 0.15) is 0 Å². The smallest absolute Gasteiger partial charge is 0.238 e. The third-order valence-corrected chi connectivity index (χ3v) is 4.85. The maximum absolute atomic E-state index is 6.08. The van der Waals surface area contributed by atoms with Gasteiger partial charge in [-0.3, -0.25) is 0 Å². The van der Waals surface area contributed by atoms with Gasteiger partial charge in [-0.05, 0) is 36.8 Å². The number of nitrogens with zero attached hydrogens (tertiary/aromatic N) is 4. The van der Waals surface area contributed by atoms with E-state index in [1.165, 1.54) is 0 Å². The Balaban J connectivity index is 1.57. The number of aryl methyl sites for hydroxylation is 1. The van der Waals surface area contributed by atoms with Crippen LogP contribution in [0.2, 0.25) is 5.02 Å². The average molecular weight is 375 g/mol. The van der Waals surface area contributed by atoms with Crippen molar-refractivity contribution in [2.75, 3.05) is 0 Å². The molecule has 4 rings (SSSR count). The Morgan fingerprint density at radius 3 is 2.96 bits per heavy atom. The molecule has 0 atom stereocenters. The topological polar surface area (TPSA) is 69.9 Å². The second-order valence-corrected chi connectivity index (χ2v) is 6.84. The van der Waals surface area contributed by atoms with Crippen molar-refractivity contribution in [3.63, 3.8) is 0 Å². The Kier molecular flexibility index (Phi) is 4.50. The SMILES string of the molecule is CCCn1c(SCc2nc(-c3ccco3)no2)nc2cc(Cl)ccc21. The predicted octanol–water partition coefficient (Wildman–Crippen LogP) is 5.04. The van der Waals surface area contributed by atoms with E-state index in [4.69, 9.17) is 25.5 Å². The van der Waals surface area contributed by atoms with Crippen molar-refractivity contribution in [2.45, 2.75) is 30.8 Å². The molecule has 0 aliphatic rings. The maximum Gasteiger partial charge on any atom is 0.238 e. The molecule has 0 fully saturated rings. The number of imidazole rings is 1. The third-order valence-electron chi connectivity index (χ3n) is 3.66. The van der Waals surface area contributed by atoms with E-state index in [9.17, 15) is 0 Å². The second-order valence-electron chi connectivity index (χ2n) is 5.46. The van der Waals surface area contributed by atoms with E-state index >= 15 is 0 Å². The fourth-order valence-corrected chi connectivity index (χ4v) is 3.62. The molecule has 6 nitrogen and oxygen atoms in total. The van der Waals surface area contributed by atoms with Crippen molar-refractivity contribution in [2.24, 2.45) is 0 Å². The maximum atomic E-state index is 6.08. The molecule has 1 aromatic carbocycles. The first-order chi connectivity index (χ1) is 12.2. The van der Waals surface area contributed by atoms with Gasteiger partial charge in [-0.1, -0.05) is 35.4 Å². The van der Waals surface area contributed by atoms with Crippen LogP contribution in [0, 0.1) is 0 Å². The monoisotopic (exact) mass is 374 g/mol. The van der Waals surface area contributed by atoms with Gasteiger partial charge in [0.25, 0.3) is 0 Å². The van der Waals surface area contributed by atoms with E-state index in [2.05, 4.69) is 21.6 Å². The van der Waals surface area contributed by atoms with Crippen molar-refractivity contribution in [1.82, 2.24) is 19.7 Å². The molecule has 3 aromatic heterocycles. The molecule has 0 unspecified atom stereocenters. The summed E-state index contributed by atoms with van der Waals surface area (Å²) < 4.78 is 12.8. The van der Waals surface area contributed by atoms with Gasteiger partial charge in [0.05, 0.1) is 23.0 Å². The van der Waals surface area contributed by atoms with E-state index in [0.29, 0.717) is 28.3 Å². The fraction of sp³-hybridized carbons (Fsp3) is 0.235. The number of hydrogen-bond acceptors (Lipinski definition) is 6. The van der Waals surface area contributed by atoms with Crippen LogP contribution in [0.15, 0.2) is 50.7 Å². The molecule has 25 heavy (non-hydrogen) atoms. The minimum atomic E-state index is 0.453. The zero-order chi connectivity index (χ0) is 17.2. The van der Waals surface area contributed by atoms with Gasteiger partial charge in [0.2, 0.25) is 11.7 Å². The predicted molar refractivity (Wildman–Crippen MR) is 96.6 cm³/mol. The number of furan rings is 1. The lowest BCUT2D eigenvalue weighted by molar-refractivity contribution is 0.390. The zero-order valence-corrected chi connectivity index (χ0v) is 15.0. The van der Waals surface area contributed by atoms with Crippen molar-refractivity contribution in [3.05, 3.63) is 47.5 Å². The molecule has 0 N–H and O–H groups in total. The molecular formula is C17H15ClN4O2S. The summed E-state index contributed by atoms with van der Waals surface area (Å²) in [4.78, 5) is 9.06. The van der Waals surface area contributed by atoms with Crippen molar-refractivity contribution < 1.29 is 8.94 Å². The van der Waals surface area contributed by atoms with Gasteiger partial charge in [-0.15, -0.1) is 0 Å². The lowest BCUT2D eigenvalue weighted by Gasteiger charge is -2.06. The molecular weight excluding hydrogens is 360 g/mol. The molecule has 0 bridgehead atoms. The zero-order valence-electron chi connectivity index (χ0n) is 13.5. The molecule has 0 amide bonds. The number of halogens is 1. The summed E-state index contributed by atoms with van der Waals surface area (Å²) in [6.07, 6.45) is 2.60. The van der Waals surface area contributed by atoms with E-state index in [-0.39, 0.29) is 0 Å². The van der Waals surface area contributed by atoms with Crippen molar-refractivity contribution in [1.29, 1.82) is 0 Å². The summed E-state index contributed by atoms with van der Waals surface area (Å²) in [5, 5.41) is 5.55. The molecule has 0 saturated carbocycles. The molecule has 8 heteroatoms. The highest BCUT2D eigenvalue weighted by molar-refractivity contribution is 7.98. The van der Waals surface area contributed by atoms with Crippen molar-refractivity contribution >= 4 is 34.4 Å². The highest BCUT2D eigenvalue weighted by Crippen LogP contribution is 2.29. The van der Waals surface area contributed by atoms with E-state index in [0.717, 1.165) is 29.2 Å². The third kappa shape index (κ3) is 3.29. The minimum Gasteiger partial charge on any atom is -0.461 e. The lowest BCUT2D eigenvalue weighted by Crippen LogP contribution is -1.99. The van der Waals surface area contributed by atoms with Crippen LogP contribution in [-0.4, -0.2) is 19.7 Å². The van der Waals surface area contributed by atoms with Crippen LogP contribution in [0.1, 0.15) is 19.2 Å². The Bertz CT molecular complexity index is 994. The van der Waals surface area contributed by atoms with Crippen molar-refractivity contribution in [3.8, 4) is 11.6 Å². The number of aromatic nitrogens is 4. The van der Waals surface area contributed by atoms with Crippen LogP contribution in [0.25, 0.3) is 22.6 Å². The summed E-state index contributed by atoms with van der Waals surface area (Å²) >= 11 is 7.65. The first-order valence-electron chi connectivity index (χ1n) is 7.89. The first-order valence-corrected chi connectivity index (χ1v) is 9.26. The van der Waals surface area contributed by atoms with E-state index in [1.54, 1.807) is 30.2 Å². The number of thioether (sulfide) groups is 1. The average Bonchev–Trinajstić information content (AvgIpc) is 3.33. The first kappa shape index (κ1) is 16.2. The number of rotatable bonds is 6. The molecule has 128 valence electrons. The van der Waals surface area contributed by atoms with Gasteiger partial charge in [-0.25, -0.2) is 4.98 Å². The largest absolute Gasteiger partial charge is 0.461 e. The molecule has 0 spiro atoms. The molecule has 0 saturated heterocycles. The number of fused-ring (bicyclic) bond motifs is 1. The summed E-state index contributed by atoms with van der Waals surface area (Å²) in [5.74, 6) is 2.11. The van der Waals surface area contributed by atoms with Crippen LogP contribution in [0.4, 0.5) is 0 Å². The van der Waals surface area contributed by atoms with Gasteiger partial charge in [0, 0.05) is 11.6 Å². The molecule has 0 radical (unpaired) electrons. The van der Waals surface area contributed by atoms with Crippen LogP contribution in [-0.2, 0) is 12.3 Å². The quantitative estimate of drug-likeness (QED) is 0.440. The normalized spacial score (nSPS) is 11.4. The van der Waals surface area contributed by atoms with Gasteiger partial charge in [0.15, 0.2) is 10.9 Å². The fourth-order valence-electron chi connectivity index (χ4n) is 2.58. The highest BCUT2D eigenvalue weighted by Gasteiger charge is 2.15. The van der Waals surface area contributed by atoms with Crippen LogP contribution in [0.5, 0.6) is 0 Å². The molecule has 0 aliphatic heterocycles. The molecule has 4 aromatic rings. The van der Waals surface area contributed by atoms with E-state index in [1.807, 2.05) is 18.2 Å². The van der Waals surface area contributed by atoms with Crippen LogP contribution in [0.3, 0.4) is 0 Å². The van der Waals surface area contributed by atoms with Gasteiger partial charge >= 0.3 is 0 Å². The Morgan fingerprint density at radius 2 is 2.16 bits per heavy atom. The highest BCUT2D eigenvalue weighted by atomic mass is 35.5. The summed E-state index contributed by atoms with van der Waals surface area (Å²) in [5.41, 5.74) is 1.97. The van der Waals surface area contributed by atoms with E-state index < -0.39 is 0 Å². The van der Waals surface area contributed by atoms with Crippen LogP contribution >= 0.6 is 23.4 Å². The Morgan fingerprint density at radius 1 is 1.24 bits per heavy atom. The van der Waals surface area contributed by atoms with Gasteiger partial charge < -0.3 is 13.5 Å². The standard InChI is InChI=1S/C17H15ClN4O2S/c1-2-7-22-13-6-5-11(18)9-12(13)19-17(22)25-10-15-20-16(21-24-15)14-4-3-8-23-14/h3-6,8-9H,2,7,10H2,1H3. The molecule has 0 aliphatic carbocycles. The van der Waals surface area contributed by atoms with Gasteiger partial charge in [-0.2, -0.15) is 4.98 Å². The summed E-state index contributed by atoms with van der Waals surface area (Å²) in [6, 6.07) is 9.37. The lowest BCUT2D eigenvalue weighted by atomic mass is 10.3.